The van der Waals surface area contributed by atoms with Gasteiger partial charge in [-0.25, -0.2) is 0 Å². The Hall–Kier alpha value is -0.160. The number of nitrogens with zero attached hydrogens (tertiary/aromatic N) is 2. The molecule has 1 saturated carbocycles. The van der Waals surface area contributed by atoms with Gasteiger partial charge in [-0.3, -0.25) is 4.90 Å². The summed E-state index contributed by atoms with van der Waals surface area (Å²) in [5.74, 6) is 0.438. The van der Waals surface area contributed by atoms with Crippen LogP contribution >= 0.6 is 0 Å². The number of hydrogen-bond acceptors (Lipinski definition) is 4. The van der Waals surface area contributed by atoms with Gasteiger partial charge in [0.05, 0.1) is 12.7 Å². The topological polar surface area (TPSA) is 46.9 Å². The smallest absolute Gasteiger partial charge is 0.0631 e. The van der Waals surface area contributed by atoms with Crippen LogP contribution in [0.25, 0.3) is 0 Å². The van der Waals surface area contributed by atoms with E-state index in [1.807, 2.05) is 0 Å². The third kappa shape index (κ3) is 3.91. The first-order valence-electron chi connectivity index (χ1n) is 7.76. The fourth-order valence-electron chi connectivity index (χ4n) is 3.62. The van der Waals surface area contributed by atoms with E-state index in [4.69, 9.17) is 5.11 Å². The van der Waals surface area contributed by atoms with Gasteiger partial charge in [0.2, 0.25) is 0 Å². The van der Waals surface area contributed by atoms with Crippen LogP contribution in [0.2, 0.25) is 0 Å². The summed E-state index contributed by atoms with van der Waals surface area (Å²) >= 11 is 0. The zero-order chi connectivity index (χ0) is 13.9. The Morgan fingerprint density at radius 2 is 1.74 bits per heavy atom. The number of aliphatic hydroxyl groups is 2. The number of hydrogen-bond donors (Lipinski definition) is 2. The summed E-state index contributed by atoms with van der Waals surface area (Å²) in [6.45, 7) is 10.7. The summed E-state index contributed by atoms with van der Waals surface area (Å²) in [7, 11) is 0. The van der Waals surface area contributed by atoms with Crippen molar-refractivity contribution in [1.82, 2.24) is 9.80 Å². The molecule has 1 aliphatic heterocycles. The van der Waals surface area contributed by atoms with Crippen molar-refractivity contribution in [2.75, 3.05) is 45.9 Å². The Bertz CT molecular complexity index is 275. The largest absolute Gasteiger partial charge is 0.395 e. The minimum atomic E-state index is -0.156. The van der Waals surface area contributed by atoms with Gasteiger partial charge >= 0.3 is 0 Å². The van der Waals surface area contributed by atoms with Crippen molar-refractivity contribution < 1.29 is 10.2 Å². The zero-order valence-corrected chi connectivity index (χ0v) is 12.5. The van der Waals surface area contributed by atoms with Crippen LogP contribution in [0.4, 0.5) is 0 Å². The minimum Gasteiger partial charge on any atom is -0.395 e. The van der Waals surface area contributed by atoms with Crippen molar-refractivity contribution in [3.8, 4) is 0 Å². The Balaban J connectivity index is 1.79. The molecule has 2 fully saturated rings. The molecular weight excluding hydrogens is 240 g/mol. The molecule has 19 heavy (non-hydrogen) atoms. The number of piperazine rings is 1. The summed E-state index contributed by atoms with van der Waals surface area (Å²) in [4.78, 5) is 4.81. The van der Waals surface area contributed by atoms with E-state index in [0.717, 1.165) is 45.7 Å². The van der Waals surface area contributed by atoms with Gasteiger partial charge in [-0.05, 0) is 24.2 Å². The zero-order valence-electron chi connectivity index (χ0n) is 12.5. The van der Waals surface area contributed by atoms with Crippen molar-refractivity contribution in [2.24, 2.45) is 11.3 Å². The van der Waals surface area contributed by atoms with E-state index >= 15 is 0 Å². The van der Waals surface area contributed by atoms with E-state index < -0.39 is 0 Å². The summed E-state index contributed by atoms with van der Waals surface area (Å²) in [5, 5.41) is 19.4. The van der Waals surface area contributed by atoms with Crippen molar-refractivity contribution in [1.29, 1.82) is 0 Å². The second-order valence-corrected chi connectivity index (χ2v) is 6.95. The Morgan fingerprint density at radius 3 is 2.37 bits per heavy atom. The van der Waals surface area contributed by atoms with Crippen molar-refractivity contribution in [3.05, 3.63) is 0 Å². The predicted molar refractivity (Wildman–Crippen MR) is 77.1 cm³/mol. The molecule has 1 heterocycles. The molecule has 4 nitrogen and oxygen atoms in total. The van der Waals surface area contributed by atoms with Gasteiger partial charge in [0.25, 0.3) is 0 Å². The highest BCUT2D eigenvalue weighted by Crippen LogP contribution is 2.39. The molecule has 0 aromatic rings. The molecule has 2 rings (SSSR count). The van der Waals surface area contributed by atoms with Crippen molar-refractivity contribution in [3.63, 3.8) is 0 Å². The lowest BCUT2D eigenvalue weighted by Gasteiger charge is -2.44. The average Bonchev–Trinajstić information content (AvgIpc) is 2.38. The normalized spacial score (nSPS) is 33.5. The van der Waals surface area contributed by atoms with E-state index in [9.17, 15) is 5.11 Å². The second kappa shape index (κ2) is 6.53. The molecule has 2 atom stereocenters. The van der Waals surface area contributed by atoms with Crippen LogP contribution < -0.4 is 0 Å². The lowest BCUT2D eigenvalue weighted by atomic mass is 9.69. The quantitative estimate of drug-likeness (QED) is 0.793. The fourth-order valence-corrected chi connectivity index (χ4v) is 3.62. The van der Waals surface area contributed by atoms with E-state index in [-0.39, 0.29) is 18.1 Å². The van der Waals surface area contributed by atoms with E-state index in [0.29, 0.717) is 5.92 Å². The van der Waals surface area contributed by atoms with Crippen LogP contribution in [0.3, 0.4) is 0 Å². The van der Waals surface area contributed by atoms with Crippen LogP contribution in [-0.2, 0) is 0 Å². The van der Waals surface area contributed by atoms with Gasteiger partial charge < -0.3 is 15.1 Å². The molecule has 2 unspecified atom stereocenters. The summed E-state index contributed by atoms with van der Waals surface area (Å²) in [5.41, 5.74) is 0.0849. The van der Waals surface area contributed by atoms with Crippen molar-refractivity contribution >= 4 is 0 Å². The van der Waals surface area contributed by atoms with Gasteiger partial charge in [-0.1, -0.05) is 20.3 Å². The predicted octanol–water partition coefficient (Wildman–Crippen LogP) is 0.783. The third-order valence-corrected chi connectivity index (χ3v) is 5.02. The maximum absolute atomic E-state index is 10.5. The minimum absolute atomic E-state index is 0.0849. The summed E-state index contributed by atoms with van der Waals surface area (Å²) in [6.07, 6.45) is 3.41. The standard InChI is InChI=1S/C15H30N2O2/c1-15(2)5-3-4-13(14(15)19)12-17-8-6-16(7-9-17)10-11-18/h13-14,18-19H,3-12H2,1-2H3. The third-order valence-electron chi connectivity index (χ3n) is 5.02. The fraction of sp³-hybridized carbons (Fsp3) is 1.00. The first-order chi connectivity index (χ1) is 9.03. The first-order valence-corrected chi connectivity index (χ1v) is 7.76. The number of β-amino-alcohol motifs (C(OH)–C–C–N with tert-alkyl or cyclic N) is 1. The van der Waals surface area contributed by atoms with Crippen molar-refractivity contribution in [2.45, 2.75) is 39.2 Å². The Labute approximate surface area is 117 Å². The number of rotatable bonds is 4. The molecular formula is C15H30N2O2. The highest BCUT2D eigenvalue weighted by molar-refractivity contribution is 4.90. The molecule has 1 aliphatic carbocycles. The molecule has 0 radical (unpaired) electrons. The van der Waals surface area contributed by atoms with Crippen LogP contribution in [-0.4, -0.2) is 72.0 Å². The van der Waals surface area contributed by atoms with Gasteiger partial charge in [-0.15, -0.1) is 0 Å². The highest BCUT2D eigenvalue weighted by Gasteiger charge is 2.38. The molecule has 0 aromatic heterocycles. The van der Waals surface area contributed by atoms with Gasteiger partial charge in [-0.2, -0.15) is 0 Å². The lowest BCUT2D eigenvalue weighted by molar-refractivity contribution is -0.0468. The Kier molecular flexibility index (Phi) is 5.23. The van der Waals surface area contributed by atoms with E-state index in [1.54, 1.807) is 0 Å². The van der Waals surface area contributed by atoms with E-state index in [2.05, 4.69) is 23.6 Å². The van der Waals surface area contributed by atoms with Gasteiger partial charge in [0, 0.05) is 39.3 Å². The molecule has 0 aromatic carbocycles. The van der Waals surface area contributed by atoms with E-state index in [1.165, 1.54) is 12.8 Å². The SMILES string of the molecule is CC1(C)CCCC(CN2CCN(CCO)CC2)C1O. The molecule has 0 amide bonds. The second-order valence-electron chi connectivity index (χ2n) is 6.95. The molecule has 1 saturated heterocycles. The first kappa shape index (κ1) is 15.2. The molecule has 0 spiro atoms. The number of aliphatic hydroxyl groups excluding tert-OH is 2. The maximum atomic E-state index is 10.5. The van der Waals surface area contributed by atoms with Crippen LogP contribution in [0.5, 0.6) is 0 Å². The molecule has 112 valence electrons. The van der Waals surface area contributed by atoms with Crippen LogP contribution in [0.15, 0.2) is 0 Å². The lowest BCUT2D eigenvalue weighted by Crippen LogP contribution is -2.51. The summed E-state index contributed by atoms with van der Waals surface area (Å²) in [6, 6.07) is 0. The van der Waals surface area contributed by atoms with Crippen LogP contribution in [0.1, 0.15) is 33.1 Å². The molecule has 4 heteroatoms. The monoisotopic (exact) mass is 270 g/mol. The van der Waals surface area contributed by atoms with Gasteiger partial charge in [0.15, 0.2) is 0 Å². The highest BCUT2D eigenvalue weighted by atomic mass is 16.3. The maximum Gasteiger partial charge on any atom is 0.0631 e. The Morgan fingerprint density at radius 1 is 1.11 bits per heavy atom. The molecule has 2 N–H and O–H groups in total. The van der Waals surface area contributed by atoms with Crippen LogP contribution in [0, 0.1) is 11.3 Å². The summed E-state index contributed by atoms with van der Waals surface area (Å²) < 4.78 is 0. The average molecular weight is 270 g/mol. The molecule has 0 bridgehead atoms. The molecule has 2 aliphatic rings. The van der Waals surface area contributed by atoms with Gasteiger partial charge in [0.1, 0.15) is 0 Å².